The first-order valence-corrected chi connectivity index (χ1v) is 11.0. The molecule has 0 aliphatic carbocycles. The summed E-state index contributed by atoms with van der Waals surface area (Å²) in [6.07, 6.45) is 3.78. The van der Waals surface area contributed by atoms with E-state index in [0.29, 0.717) is 28.2 Å². The third-order valence-electron chi connectivity index (χ3n) is 4.76. The molecule has 0 atom stereocenters. The van der Waals surface area contributed by atoms with Crippen LogP contribution in [0.5, 0.6) is 17.2 Å². The van der Waals surface area contributed by atoms with Crippen LogP contribution in [0.1, 0.15) is 0 Å². The van der Waals surface area contributed by atoms with Crippen molar-refractivity contribution >= 4 is 23.4 Å². The Kier molecular flexibility index (Phi) is 6.84. The van der Waals surface area contributed by atoms with Crippen LogP contribution in [0.3, 0.4) is 0 Å². The number of nitrogens with one attached hydrogen (secondary N) is 1. The van der Waals surface area contributed by atoms with Gasteiger partial charge in [-0.25, -0.2) is 4.68 Å². The summed E-state index contributed by atoms with van der Waals surface area (Å²) < 4.78 is 19.6. The lowest BCUT2D eigenvalue weighted by molar-refractivity contribution is -0.113. The molecule has 0 bridgehead atoms. The van der Waals surface area contributed by atoms with Crippen LogP contribution >= 0.6 is 11.8 Å². The second-order valence-corrected chi connectivity index (χ2v) is 7.76. The molecule has 0 aliphatic heterocycles. The van der Waals surface area contributed by atoms with E-state index in [0.717, 1.165) is 11.3 Å². The SMILES string of the molecule is COc1cccc(-c2nnc(SCC(=O)Nc3ccc(OC)c(OC)c3)n2-n2cccc2)c1. The Morgan fingerprint density at radius 3 is 2.45 bits per heavy atom. The number of thioether (sulfide) groups is 1. The Labute approximate surface area is 195 Å². The van der Waals surface area contributed by atoms with Gasteiger partial charge in [0.15, 0.2) is 17.3 Å². The normalized spacial score (nSPS) is 10.6. The topological polar surface area (TPSA) is 92.4 Å². The quantitative estimate of drug-likeness (QED) is 0.376. The average molecular weight is 466 g/mol. The zero-order valence-corrected chi connectivity index (χ0v) is 19.2. The number of rotatable bonds is 9. The molecule has 0 aliphatic rings. The number of carbonyl (C=O) groups excluding carboxylic acids is 1. The molecule has 0 spiro atoms. The number of benzene rings is 2. The number of methoxy groups -OCH3 is 3. The average Bonchev–Trinajstić information content (AvgIpc) is 3.52. The Morgan fingerprint density at radius 1 is 0.939 bits per heavy atom. The number of hydrogen-bond acceptors (Lipinski definition) is 7. The van der Waals surface area contributed by atoms with E-state index in [1.807, 2.05) is 58.1 Å². The predicted molar refractivity (Wildman–Crippen MR) is 126 cm³/mol. The first-order chi connectivity index (χ1) is 16.1. The third kappa shape index (κ3) is 4.96. The molecule has 1 N–H and O–H groups in total. The van der Waals surface area contributed by atoms with E-state index in [9.17, 15) is 4.79 Å². The van der Waals surface area contributed by atoms with Gasteiger partial charge in [-0.05, 0) is 36.4 Å². The van der Waals surface area contributed by atoms with Crippen molar-refractivity contribution in [3.63, 3.8) is 0 Å². The first-order valence-electron chi connectivity index (χ1n) is 10.0. The molecule has 4 rings (SSSR count). The van der Waals surface area contributed by atoms with Crippen LogP contribution in [0.15, 0.2) is 72.1 Å². The Balaban J connectivity index is 1.54. The van der Waals surface area contributed by atoms with Gasteiger partial charge < -0.3 is 19.5 Å². The van der Waals surface area contributed by atoms with Gasteiger partial charge in [0.05, 0.1) is 27.1 Å². The lowest BCUT2D eigenvalue weighted by Crippen LogP contribution is -2.16. The van der Waals surface area contributed by atoms with E-state index >= 15 is 0 Å². The van der Waals surface area contributed by atoms with Gasteiger partial charge in [0.1, 0.15) is 5.75 Å². The third-order valence-corrected chi connectivity index (χ3v) is 5.68. The smallest absolute Gasteiger partial charge is 0.234 e. The van der Waals surface area contributed by atoms with Crippen LogP contribution in [0, 0.1) is 0 Å². The second kappa shape index (κ2) is 10.1. The summed E-state index contributed by atoms with van der Waals surface area (Å²) in [6.45, 7) is 0. The van der Waals surface area contributed by atoms with Gasteiger partial charge in [0.25, 0.3) is 0 Å². The van der Waals surface area contributed by atoms with Gasteiger partial charge in [0.2, 0.25) is 11.1 Å². The molecule has 33 heavy (non-hydrogen) atoms. The van der Waals surface area contributed by atoms with E-state index in [4.69, 9.17) is 14.2 Å². The van der Waals surface area contributed by atoms with Gasteiger partial charge in [-0.2, -0.15) is 0 Å². The van der Waals surface area contributed by atoms with E-state index in [1.165, 1.54) is 11.8 Å². The fourth-order valence-corrected chi connectivity index (χ4v) is 3.94. The van der Waals surface area contributed by atoms with E-state index in [2.05, 4.69) is 15.5 Å². The fraction of sp³-hybridized carbons (Fsp3) is 0.174. The van der Waals surface area contributed by atoms with Crippen LogP contribution in [0.25, 0.3) is 11.4 Å². The minimum absolute atomic E-state index is 0.145. The van der Waals surface area contributed by atoms with Crippen LogP contribution in [0.4, 0.5) is 5.69 Å². The largest absolute Gasteiger partial charge is 0.497 e. The molecule has 0 fully saturated rings. The maximum atomic E-state index is 12.6. The highest BCUT2D eigenvalue weighted by molar-refractivity contribution is 7.99. The summed E-state index contributed by atoms with van der Waals surface area (Å²) in [7, 11) is 4.73. The maximum absolute atomic E-state index is 12.6. The summed E-state index contributed by atoms with van der Waals surface area (Å²) in [6, 6.07) is 16.6. The number of nitrogens with zero attached hydrogens (tertiary/aromatic N) is 4. The lowest BCUT2D eigenvalue weighted by Gasteiger charge is -2.12. The number of hydrogen-bond donors (Lipinski definition) is 1. The molecule has 0 radical (unpaired) electrons. The monoisotopic (exact) mass is 465 g/mol. The molecule has 10 heteroatoms. The Morgan fingerprint density at radius 2 is 1.73 bits per heavy atom. The van der Waals surface area contributed by atoms with Gasteiger partial charge in [-0.15, -0.1) is 10.2 Å². The van der Waals surface area contributed by atoms with Crippen LogP contribution < -0.4 is 19.5 Å². The molecule has 0 unspecified atom stereocenters. The maximum Gasteiger partial charge on any atom is 0.234 e. The molecule has 170 valence electrons. The second-order valence-electron chi connectivity index (χ2n) is 6.82. The molecule has 0 saturated heterocycles. The molecular weight excluding hydrogens is 442 g/mol. The summed E-state index contributed by atoms with van der Waals surface area (Å²) in [5, 5.41) is 12.2. The molecule has 1 amide bonds. The van der Waals surface area contributed by atoms with Gasteiger partial charge >= 0.3 is 0 Å². The summed E-state index contributed by atoms with van der Waals surface area (Å²) in [5.74, 6) is 2.45. The van der Waals surface area contributed by atoms with E-state index in [1.54, 1.807) is 39.5 Å². The van der Waals surface area contributed by atoms with Crippen molar-refractivity contribution in [1.29, 1.82) is 0 Å². The van der Waals surface area contributed by atoms with Crippen molar-refractivity contribution in [3.8, 4) is 28.6 Å². The molecule has 2 aromatic carbocycles. The fourth-order valence-electron chi connectivity index (χ4n) is 3.21. The number of aromatic nitrogens is 4. The van der Waals surface area contributed by atoms with Gasteiger partial charge in [0, 0.05) is 29.7 Å². The highest BCUT2D eigenvalue weighted by atomic mass is 32.2. The van der Waals surface area contributed by atoms with Crippen LogP contribution in [-0.4, -0.2) is 52.5 Å². The zero-order valence-electron chi connectivity index (χ0n) is 18.4. The molecular formula is C23H23N5O4S. The zero-order chi connectivity index (χ0) is 23.2. The molecule has 9 nitrogen and oxygen atoms in total. The van der Waals surface area contributed by atoms with E-state index in [-0.39, 0.29) is 11.7 Å². The number of amides is 1. The summed E-state index contributed by atoms with van der Waals surface area (Å²) in [5.41, 5.74) is 1.46. The molecule has 4 aromatic rings. The van der Waals surface area contributed by atoms with Crippen molar-refractivity contribution in [3.05, 3.63) is 67.0 Å². The predicted octanol–water partition coefficient (Wildman–Crippen LogP) is 3.81. The highest BCUT2D eigenvalue weighted by Crippen LogP contribution is 2.30. The summed E-state index contributed by atoms with van der Waals surface area (Å²) >= 11 is 1.28. The molecule has 0 saturated carbocycles. The van der Waals surface area contributed by atoms with Crippen molar-refractivity contribution < 1.29 is 19.0 Å². The highest BCUT2D eigenvalue weighted by Gasteiger charge is 2.18. The van der Waals surface area contributed by atoms with Crippen molar-refractivity contribution in [2.45, 2.75) is 5.16 Å². The van der Waals surface area contributed by atoms with Crippen molar-refractivity contribution in [1.82, 2.24) is 19.5 Å². The van der Waals surface area contributed by atoms with Crippen LogP contribution in [-0.2, 0) is 4.79 Å². The minimum Gasteiger partial charge on any atom is -0.497 e. The molecule has 2 aromatic heterocycles. The Hall–Kier alpha value is -3.92. The minimum atomic E-state index is -0.183. The number of anilines is 1. The van der Waals surface area contributed by atoms with Crippen molar-refractivity contribution in [2.24, 2.45) is 0 Å². The number of ether oxygens (including phenoxy) is 3. The number of carbonyl (C=O) groups is 1. The van der Waals surface area contributed by atoms with E-state index < -0.39 is 0 Å². The Bertz CT molecular complexity index is 1240. The standard InChI is InChI=1S/C23H23N5O4S/c1-30-18-8-6-7-16(13-18)22-25-26-23(28(22)27-11-4-5-12-27)33-15-21(29)24-17-9-10-19(31-2)20(14-17)32-3/h4-14H,15H2,1-3H3,(H,24,29). The lowest BCUT2D eigenvalue weighted by atomic mass is 10.2. The van der Waals surface area contributed by atoms with Gasteiger partial charge in [-0.1, -0.05) is 23.9 Å². The molecule has 2 heterocycles. The van der Waals surface area contributed by atoms with Crippen molar-refractivity contribution in [2.75, 3.05) is 32.4 Å². The van der Waals surface area contributed by atoms with Gasteiger partial charge in [-0.3, -0.25) is 9.47 Å². The summed E-state index contributed by atoms with van der Waals surface area (Å²) in [4.78, 5) is 12.6. The van der Waals surface area contributed by atoms with Crippen LogP contribution in [0.2, 0.25) is 0 Å². The first kappa shape index (κ1) is 22.3.